The van der Waals surface area contributed by atoms with Crippen LogP contribution >= 0.6 is 22.9 Å². The Kier molecular flexibility index (Phi) is 6.02. The Morgan fingerprint density at radius 2 is 1.61 bits per heavy atom. The SMILES string of the molecule is CC(C)(Oc1ccc(Cl)cc1)C(=O)Oc1ccc(NC(=O)c2cccs2)cc1. The third-order valence-corrected chi connectivity index (χ3v) is 4.87. The van der Waals surface area contributed by atoms with Gasteiger partial charge in [-0.2, -0.15) is 0 Å². The molecule has 7 heteroatoms. The molecular formula is C21H18ClNO4S. The zero-order valence-electron chi connectivity index (χ0n) is 15.3. The molecule has 0 radical (unpaired) electrons. The van der Waals surface area contributed by atoms with E-state index in [9.17, 15) is 9.59 Å². The lowest BCUT2D eigenvalue weighted by atomic mass is 10.1. The number of hydrogen-bond donors (Lipinski definition) is 1. The van der Waals surface area contributed by atoms with Gasteiger partial charge >= 0.3 is 5.97 Å². The molecule has 0 fully saturated rings. The number of thiophene rings is 1. The Morgan fingerprint density at radius 3 is 2.21 bits per heavy atom. The lowest BCUT2D eigenvalue weighted by Gasteiger charge is -2.24. The highest BCUT2D eigenvalue weighted by molar-refractivity contribution is 7.12. The number of halogens is 1. The van der Waals surface area contributed by atoms with Crippen molar-refractivity contribution in [1.82, 2.24) is 0 Å². The third kappa shape index (κ3) is 5.12. The fourth-order valence-corrected chi connectivity index (χ4v) is 3.02. The van der Waals surface area contributed by atoms with E-state index in [4.69, 9.17) is 21.1 Å². The first-order valence-corrected chi connectivity index (χ1v) is 9.71. The molecule has 1 aromatic heterocycles. The van der Waals surface area contributed by atoms with Gasteiger partial charge < -0.3 is 14.8 Å². The van der Waals surface area contributed by atoms with Crippen molar-refractivity contribution in [2.24, 2.45) is 0 Å². The summed E-state index contributed by atoms with van der Waals surface area (Å²) in [7, 11) is 0. The van der Waals surface area contributed by atoms with E-state index in [-0.39, 0.29) is 5.91 Å². The van der Waals surface area contributed by atoms with Crippen LogP contribution in [0.4, 0.5) is 5.69 Å². The number of carbonyl (C=O) groups is 2. The van der Waals surface area contributed by atoms with E-state index in [1.807, 2.05) is 11.4 Å². The Balaban J connectivity index is 1.60. The molecule has 3 rings (SSSR count). The summed E-state index contributed by atoms with van der Waals surface area (Å²) >= 11 is 7.22. The lowest BCUT2D eigenvalue weighted by molar-refractivity contribution is -0.149. The Morgan fingerprint density at radius 1 is 0.964 bits per heavy atom. The average Bonchev–Trinajstić information content (AvgIpc) is 3.20. The zero-order chi connectivity index (χ0) is 20.1. The van der Waals surface area contributed by atoms with Crippen LogP contribution < -0.4 is 14.8 Å². The second-order valence-corrected chi connectivity index (χ2v) is 7.80. The van der Waals surface area contributed by atoms with Gasteiger partial charge in [-0.25, -0.2) is 4.79 Å². The van der Waals surface area contributed by atoms with E-state index in [0.29, 0.717) is 27.1 Å². The third-order valence-electron chi connectivity index (χ3n) is 3.75. The molecule has 0 aliphatic rings. The molecule has 1 heterocycles. The van der Waals surface area contributed by atoms with Gasteiger partial charge in [-0.1, -0.05) is 17.7 Å². The van der Waals surface area contributed by atoms with Crippen molar-refractivity contribution in [3.63, 3.8) is 0 Å². The summed E-state index contributed by atoms with van der Waals surface area (Å²) in [6.07, 6.45) is 0. The van der Waals surface area contributed by atoms with Crippen LogP contribution in [0.5, 0.6) is 11.5 Å². The van der Waals surface area contributed by atoms with Gasteiger partial charge in [-0.15, -0.1) is 11.3 Å². The number of ether oxygens (including phenoxy) is 2. The summed E-state index contributed by atoms with van der Waals surface area (Å²) in [4.78, 5) is 25.2. The minimum Gasteiger partial charge on any atom is -0.476 e. The van der Waals surface area contributed by atoms with Crippen LogP contribution in [0.1, 0.15) is 23.5 Å². The van der Waals surface area contributed by atoms with E-state index in [1.165, 1.54) is 11.3 Å². The minimum absolute atomic E-state index is 0.183. The maximum Gasteiger partial charge on any atom is 0.355 e. The monoisotopic (exact) mass is 415 g/mol. The van der Waals surface area contributed by atoms with Crippen molar-refractivity contribution in [3.8, 4) is 11.5 Å². The van der Waals surface area contributed by atoms with Gasteiger partial charge in [0.15, 0.2) is 0 Å². The van der Waals surface area contributed by atoms with Crippen LogP contribution in [0.25, 0.3) is 0 Å². The first-order chi connectivity index (χ1) is 13.3. The largest absolute Gasteiger partial charge is 0.476 e. The van der Waals surface area contributed by atoms with Gasteiger partial charge in [0.25, 0.3) is 5.91 Å². The fourth-order valence-electron chi connectivity index (χ4n) is 2.28. The lowest BCUT2D eigenvalue weighted by Crippen LogP contribution is -2.41. The highest BCUT2D eigenvalue weighted by atomic mass is 35.5. The van der Waals surface area contributed by atoms with Crippen molar-refractivity contribution in [2.75, 3.05) is 5.32 Å². The topological polar surface area (TPSA) is 64.6 Å². The summed E-state index contributed by atoms with van der Waals surface area (Å²) in [5, 5.41) is 5.21. The molecule has 3 aromatic rings. The van der Waals surface area contributed by atoms with Gasteiger partial charge in [0.1, 0.15) is 11.5 Å². The highest BCUT2D eigenvalue weighted by Gasteiger charge is 2.32. The Labute approximate surface area is 171 Å². The summed E-state index contributed by atoms with van der Waals surface area (Å²) in [6, 6.07) is 16.9. The number of hydrogen-bond acceptors (Lipinski definition) is 5. The number of carbonyl (C=O) groups excluding carboxylic acids is 2. The standard InChI is InChI=1S/C21H18ClNO4S/c1-21(2,27-17-9-5-14(22)6-10-17)20(25)26-16-11-7-15(8-12-16)23-19(24)18-4-3-13-28-18/h3-13H,1-2H3,(H,23,24). The quantitative estimate of drug-likeness (QED) is 0.431. The average molecular weight is 416 g/mol. The van der Waals surface area contributed by atoms with Crippen LogP contribution in [0.15, 0.2) is 66.0 Å². The van der Waals surface area contributed by atoms with Crippen LogP contribution in [-0.2, 0) is 4.79 Å². The number of amides is 1. The smallest absolute Gasteiger partial charge is 0.355 e. The predicted molar refractivity (Wildman–Crippen MR) is 111 cm³/mol. The van der Waals surface area contributed by atoms with Crippen LogP contribution in [-0.4, -0.2) is 17.5 Å². The zero-order valence-corrected chi connectivity index (χ0v) is 16.8. The van der Waals surface area contributed by atoms with Crippen LogP contribution in [0.3, 0.4) is 0 Å². The second kappa shape index (κ2) is 8.46. The molecule has 0 saturated heterocycles. The van der Waals surface area contributed by atoms with Crippen molar-refractivity contribution in [1.29, 1.82) is 0 Å². The van der Waals surface area contributed by atoms with Crippen molar-refractivity contribution >= 4 is 40.5 Å². The van der Waals surface area contributed by atoms with Gasteiger partial charge in [0, 0.05) is 10.7 Å². The van der Waals surface area contributed by atoms with Gasteiger partial charge in [-0.05, 0) is 73.8 Å². The maximum absolute atomic E-state index is 12.5. The van der Waals surface area contributed by atoms with Crippen LogP contribution in [0.2, 0.25) is 5.02 Å². The summed E-state index contributed by atoms with van der Waals surface area (Å²) in [5.41, 5.74) is -0.588. The molecule has 5 nitrogen and oxygen atoms in total. The molecule has 1 N–H and O–H groups in total. The summed E-state index contributed by atoms with van der Waals surface area (Å²) in [6.45, 7) is 3.25. The Bertz CT molecular complexity index is 951. The Hall–Kier alpha value is -2.83. The van der Waals surface area contributed by atoms with E-state index < -0.39 is 11.6 Å². The normalized spacial score (nSPS) is 11.0. The van der Waals surface area contributed by atoms with Crippen LogP contribution in [0, 0.1) is 0 Å². The molecule has 1 amide bonds. The molecule has 0 atom stereocenters. The second-order valence-electron chi connectivity index (χ2n) is 6.41. The molecule has 0 saturated carbocycles. The first kappa shape index (κ1) is 19.9. The van der Waals surface area contributed by atoms with Crippen molar-refractivity contribution < 1.29 is 19.1 Å². The molecule has 144 valence electrons. The van der Waals surface area contributed by atoms with Crippen molar-refractivity contribution in [2.45, 2.75) is 19.4 Å². The van der Waals surface area contributed by atoms with Gasteiger partial charge in [-0.3, -0.25) is 4.79 Å². The molecule has 0 aliphatic carbocycles. The molecule has 2 aromatic carbocycles. The van der Waals surface area contributed by atoms with Gasteiger partial charge in [0.2, 0.25) is 5.60 Å². The van der Waals surface area contributed by atoms with E-state index in [2.05, 4.69) is 5.32 Å². The van der Waals surface area contributed by atoms with E-state index in [0.717, 1.165) is 0 Å². The maximum atomic E-state index is 12.5. The minimum atomic E-state index is -1.19. The molecule has 28 heavy (non-hydrogen) atoms. The molecule has 0 unspecified atom stereocenters. The van der Waals surface area contributed by atoms with E-state index >= 15 is 0 Å². The molecule has 0 spiro atoms. The number of benzene rings is 2. The molecule has 0 bridgehead atoms. The first-order valence-electron chi connectivity index (χ1n) is 8.45. The number of rotatable bonds is 6. The fraction of sp³-hybridized carbons (Fsp3) is 0.143. The summed E-state index contributed by atoms with van der Waals surface area (Å²) in [5.74, 6) is 0.139. The number of esters is 1. The molecular weight excluding hydrogens is 398 g/mol. The predicted octanol–water partition coefficient (Wildman–Crippen LogP) is 5.42. The van der Waals surface area contributed by atoms with Gasteiger partial charge in [0.05, 0.1) is 4.88 Å². The number of anilines is 1. The van der Waals surface area contributed by atoms with E-state index in [1.54, 1.807) is 68.4 Å². The van der Waals surface area contributed by atoms with Crippen molar-refractivity contribution in [3.05, 3.63) is 75.9 Å². The summed E-state index contributed by atoms with van der Waals surface area (Å²) < 4.78 is 11.1. The molecule has 0 aliphatic heterocycles. The highest BCUT2D eigenvalue weighted by Crippen LogP contribution is 2.24. The number of nitrogens with one attached hydrogen (secondary N) is 1.